The monoisotopic (exact) mass is 563 g/mol. The molecule has 0 amide bonds. The summed E-state index contributed by atoms with van der Waals surface area (Å²) in [6, 6.07) is 3.57. The molecule has 11 nitrogen and oxygen atoms in total. The van der Waals surface area contributed by atoms with E-state index in [1.165, 1.54) is 0 Å². The van der Waals surface area contributed by atoms with Crippen LogP contribution in [0.2, 0.25) is 0 Å². The van der Waals surface area contributed by atoms with Crippen LogP contribution in [-0.2, 0) is 41.7 Å². The average molecular weight is 564 g/mol. The van der Waals surface area contributed by atoms with E-state index in [1.54, 1.807) is 12.1 Å². The van der Waals surface area contributed by atoms with E-state index in [0.717, 1.165) is 0 Å². The lowest BCUT2D eigenvalue weighted by Gasteiger charge is -2.31. The SMILES string of the molecule is CC(C)(C)OC(=O)CN1CCN(CC(=O)OC(C)(C)C)Cc2cc(N)cc(n2)CN(CC(=O)OC(C)(C)C)CC1. The molecule has 0 aliphatic carbocycles. The zero-order valence-electron chi connectivity index (χ0n) is 25.8. The molecule has 11 heteroatoms. The van der Waals surface area contributed by atoms with Crippen LogP contribution < -0.4 is 5.73 Å². The zero-order valence-corrected chi connectivity index (χ0v) is 25.8. The van der Waals surface area contributed by atoms with Gasteiger partial charge in [-0.25, -0.2) is 0 Å². The number of nitrogen functional groups attached to an aromatic ring is 1. The third-order valence-electron chi connectivity index (χ3n) is 5.51. The Bertz CT molecular complexity index is 963. The van der Waals surface area contributed by atoms with Crippen molar-refractivity contribution in [2.24, 2.45) is 0 Å². The molecule has 1 aromatic heterocycles. The number of rotatable bonds is 6. The average Bonchev–Trinajstić information content (AvgIpc) is 2.70. The Labute approximate surface area is 239 Å². The number of carbonyl (C=O) groups excluding carboxylic acids is 3. The zero-order chi connectivity index (χ0) is 30.3. The Morgan fingerprint density at radius 2 is 0.950 bits per heavy atom. The van der Waals surface area contributed by atoms with Crippen LogP contribution >= 0.6 is 0 Å². The minimum absolute atomic E-state index is 0.0636. The Morgan fingerprint density at radius 1 is 0.650 bits per heavy atom. The van der Waals surface area contributed by atoms with Crippen molar-refractivity contribution in [3.05, 3.63) is 23.5 Å². The highest BCUT2D eigenvalue weighted by Crippen LogP contribution is 2.16. The highest BCUT2D eigenvalue weighted by Gasteiger charge is 2.25. The van der Waals surface area contributed by atoms with E-state index in [9.17, 15) is 14.4 Å². The normalized spacial score (nSPS) is 16.9. The molecule has 0 fully saturated rings. The maximum atomic E-state index is 12.7. The van der Waals surface area contributed by atoms with E-state index in [0.29, 0.717) is 56.3 Å². The number of fused-ring (bicyclic) bond motifs is 2. The van der Waals surface area contributed by atoms with E-state index < -0.39 is 16.8 Å². The molecule has 2 heterocycles. The summed E-state index contributed by atoms with van der Waals surface area (Å²) >= 11 is 0. The number of ether oxygens (including phenoxy) is 3. The van der Waals surface area contributed by atoms with Gasteiger partial charge in [-0.1, -0.05) is 0 Å². The summed E-state index contributed by atoms with van der Waals surface area (Å²) in [7, 11) is 0. The highest BCUT2D eigenvalue weighted by molar-refractivity contribution is 5.73. The van der Waals surface area contributed by atoms with Crippen molar-refractivity contribution in [2.75, 3.05) is 51.5 Å². The molecule has 0 unspecified atom stereocenters. The van der Waals surface area contributed by atoms with Crippen LogP contribution in [0.1, 0.15) is 73.7 Å². The molecule has 2 N–H and O–H groups in total. The van der Waals surface area contributed by atoms with Crippen molar-refractivity contribution in [3.8, 4) is 0 Å². The molecule has 2 rings (SSSR count). The number of esters is 3. The van der Waals surface area contributed by atoms with Crippen LogP contribution in [-0.4, -0.2) is 100 Å². The molecule has 1 aliphatic rings. The smallest absolute Gasteiger partial charge is 0.320 e. The summed E-state index contributed by atoms with van der Waals surface area (Å²) in [4.78, 5) is 48.8. The molecule has 40 heavy (non-hydrogen) atoms. The molecule has 0 spiro atoms. The Kier molecular flexibility index (Phi) is 11.5. The molecule has 1 aromatic rings. The standard InChI is InChI=1S/C29H49N5O6/c1-27(2,3)38-24(35)18-32-10-12-33(19-25(36)39-28(4,5)6)16-22-14-21(30)15-23(31-22)17-34(13-11-32)20-26(37)40-29(7,8)9/h14-15H,10-13,16-20H2,1-9H3,(H2,30,31). The molecule has 2 bridgehead atoms. The second-order valence-corrected chi connectivity index (χ2v) is 13.3. The van der Waals surface area contributed by atoms with Gasteiger partial charge < -0.3 is 19.9 Å². The number of hydrogen-bond donors (Lipinski definition) is 1. The minimum Gasteiger partial charge on any atom is -0.459 e. The molecule has 0 saturated carbocycles. The van der Waals surface area contributed by atoms with Crippen LogP contribution in [0.4, 0.5) is 5.69 Å². The lowest BCUT2D eigenvalue weighted by atomic mass is 10.2. The van der Waals surface area contributed by atoms with Crippen molar-refractivity contribution in [3.63, 3.8) is 0 Å². The Morgan fingerprint density at radius 3 is 1.27 bits per heavy atom. The number of nitrogens with two attached hydrogens (primary N) is 1. The van der Waals surface area contributed by atoms with Gasteiger partial charge in [-0.05, 0) is 74.4 Å². The van der Waals surface area contributed by atoms with E-state index >= 15 is 0 Å². The third kappa shape index (κ3) is 14.0. The fourth-order valence-electron chi connectivity index (χ4n) is 4.23. The first-order valence-electron chi connectivity index (χ1n) is 13.8. The van der Waals surface area contributed by atoms with Crippen LogP contribution in [0.15, 0.2) is 12.1 Å². The van der Waals surface area contributed by atoms with E-state index in [2.05, 4.69) is 0 Å². The minimum atomic E-state index is -0.608. The quantitative estimate of drug-likeness (QED) is 0.405. The van der Waals surface area contributed by atoms with E-state index in [-0.39, 0.29) is 37.5 Å². The molecule has 0 saturated heterocycles. The third-order valence-corrected chi connectivity index (χ3v) is 5.51. The van der Waals surface area contributed by atoms with Gasteiger partial charge >= 0.3 is 17.9 Å². The van der Waals surface area contributed by atoms with Gasteiger partial charge in [0.15, 0.2) is 0 Å². The maximum Gasteiger partial charge on any atom is 0.320 e. The van der Waals surface area contributed by atoms with Crippen molar-refractivity contribution < 1.29 is 28.6 Å². The first-order valence-corrected chi connectivity index (χ1v) is 13.8. The second-order valence-electron chi connectivity index (χ2n) is 13.3. The van der Waals surface area contributed by atoms with Crippen LogP contribution in [0, 0.1) is 0 Å². The van der Waals surface area contributed by atoms with Gasteiger partial charge in [0.05, 0.1) is 31.0 Å². The number of carbonyl (C=O) groups is 3. The van der Waals surface area contributed by atoms with Crippen molar-refractivity contribution in [1.29, 1.82) is 0 Å². The van der Waals surface area contributed by atoms with Crippen LogP contribution in [0.3, 0.4) is 0 Å². The van der Waals surface area contributed by atoms with Gasteiger partial charge in [0.1, 0.15) is 16.8 Å². The highest BCUT2D eigenvalue weighted by atomic mass is 16.6. The lowest BCUT2D eigenvalue weighted by molar-refractivity contribution is -0.158. The molecule has 0 atom stereocenters. The summed E-state index contributed by atoms with van der Waals surface area (Å²) in [5, 5.41) is 0. The van der Waals surface area contributed by atoms with Crippen molar-refractivity contribution in [2.45, 2.75) is 92.2 Å². The Balaban J connectivity index is 2.34. The lowest BCUT2D eigenvalue weighted by Crippen LogP contribution is -2.45. The second kappa shape index (κ2) is 13.7. The number of anilines is 1. The fourth-order valence-corrected chi connectivity index (χ4v) is 4.23. The van der Waals surface area contributed by atoms with Gasteiger partial charge in [-0.15, -0.1) is 0 Å². The van der Waals surface area contributed by atoms with Gasteiger partial charge in [0, 0.05) is 45.0 Å². The summed E-state index contributed by atoms with van der Waals surface area (Å²) in [5.41, 5.74) is 6.36. The van der Waals surface area contributed by atoms with Gasteiger partial charge in [0.25, 0.3) is 0 Å². The van der Waals surface area contributed by atoms with Gasteiger partial charge in [-0.2, -0.15) is 0 Å². The van der Waals surface area contributed by atoms with Crippen molar-refractivity contribution >= 4 is 23.6 Å². The largest absolute Gasteiger partial charge is 0.459 e. The van der Waals surface area contributed by atoms with Gasteiger partial charge in [-0.3, -0.25) is 34.1 Å². The molecule has 0 aromatic carbocycles. The summed E-state index contributed by atoms with van der Waals surface area (Å²) in [6.07, 6.45) is 0. The van der Waals surface area contributed by atoms with Gasteiger partial charge in [0.2, 0.25) is 0 Å². The van der Waals surface area contributed by atoms with E-state index in [1.807, 2.05) is 77.0 Å². The van der Waals surface area contributed by atoms with Crippen molar-refractivity contribution in [1.82, 2.24) is 19.7 Å². The number of aromatic nitrogens is 1. The fraction of sp³-hybridized carbons (Fsp3) is 0.724. The predicted octanol–water partition coefficient (Wildman–Crippen LogP) is 2.61. The molecule has 1 aliphatic heterocycles. The van der Waals surface area contributed by atoms with E-state index in [4.69, 9.17) is 24.9 Å². The first kappa shape index (κ1) is 33.4. The summed E-state index contributed by atoms with van der Waals surface area (Å²) in [5.74, 6) is -1.02. The topological polar surface area (TPSA) is 128 Å². The number of nitrogens with zero attached hydrogens (tertiary/aromatic N) is 4. The maximum absolute atomic E-state index is 12.7. The summed E-state index contributed by atoms with van der Waals surface area (Å²) < 4.78 is 16.7. The Hall–Kier alpha value is -2.76. The first-order chi connectivity index (χ1) is 18.3. The number of hydrogen-bond acceptors (Lipinski definition) is 11. The van der Waals surface area contributed by atoms with Crippen LogP contribution in [0.25, 0.3) is 0 Å². The molecule has 226 valence electrons. The number of pyridine rings is 1. The predicted molar refractivity (Wildman–Crippen MR) is 153 cm³/mol. The van der Waals surface area contributed by atoms with Crippen LogP contribution in [0.5, 0.6) is 0 Å². The summed E-state index contributed by atoms with van der Waals surface area (Å²) in [6.45, 7) is 19.3. The molecular formula is C29H49N5O6. The molecular weight excluding hydrogens is 514 g/mol. The molecule has 0 radical (unpaired) electrons.